The number of hydrogen-bond acceptors (Lipinski definition) is 3. The summed E-state index contributed by atoms with van der Waals surface area (Å²) in [6.45, 7) is 8.11. The quantitative estimate of drug-likeness (QED) is 0.822. The van der Waals surface area contributed by atoms with Crippen LogP contribution in [0.15, 0.2) is 17.1 Å². The molecule has 2 heterocycles. The fraction of sp³-hybridized carbons (Fsp3) is 0.643. The van der Waals surface area contributed by atoms with E-state index in [1.165, 1.54) is 0 Å². The van der Waals surface area contributed by atoms with E-state index in [1.807, 2.05) is 33.8 Å². The Kier molecular flexibility index (Phi) is 2.70. The van der Waals surface area contributed by atoms with Crippen molar-refractivity contribution in [2.45, 2.75) is 57.7 Å². The molecule has 1 aromatic heterocycles. The molecule has 2 fully saturated rings. The van der Waals surface area contributed by atoms with Crippen molar-refractivity contribution < 1.29 is 9.31 Å². The topological polar surface area (TPSA) is 51.3 Å². The number of H-pyrrole nitrogens is 1. The summed E-state index contributed by atoms with van der Waals surface area (Å²) in [4.78, 5) is 14.6. The molecule has 4 nitrogen and oxygen atoms in total. The van der Waals surface area contributed by atoms with E-state index in [0.717, 1.165) is 23.9 Å². The molecule has 3 rings (SSSR count). The lowest BCUT2D eigenvalue weighted by Gasteiger charge is -2.32. The first-order valence-corrected chi connectivity index (χ1v) is 6.88. The zero-order valence-corrected chi connectivity index (χ0v) is 11.9. The predicted octanol–water partition coefficient (Wildman–Crippen LogP) is 1.55. The minimum atomic E-state index is -0.403. The van der Waals surface area contributed by atoms with E-state index in [1.54, 1.807) is 6.20 Å². The summed E-state index contributed by atoms with van der Waals surface area (Å²) in [5.41, 5.74) is 1.08. The molecule has 1 saturated heterocycles. The van der Waals surface area contributed by atoms with Crippen LogP contribution in [0.1, 0.15) is 52.0 Å². The van der Waals surface area contributed by atoms with E-state index in [2.05, 4.69) is 4.98 Å². The Bertz CT molecular complexity index is 544. The minimum absolute atomic E-state index is 0.0165. The molecule has 1 aromatic rings. The van der Waals surface area contributed by atoms with Gasteiger partial charge in [0.1, 0.15) is 0 Å². The van der Waals surface area contributed by atoms with Crippen molar-refractivity contribution in [2.75, 3.05) is 0 Å². The van der Waals surface area contributed by atoms with Crippen LogP contribution in [-0.4, -0.2) is 23.3 Å². The Morgan fingerprint density at radius 1 is 1.21 bits per heavy atom. The Morgan fingerprint density at radius 2 is 1.79 bits per heavy atom. The molecule has 0 unspecified atom stereocenters. The van der Waals surface area contributed by atoms with Gasteiger partial charge in [0.05, 0.1) is 11.2 Å². The maximum absolute atomic E-state index is 11.8. The van der Waals surface area contributed by atoms with Gasteiger partial charge in [-0.1, -0.05) is 6.07 Å². The van der Waals surface area contributed by atoms with Crippen LogP contribution in [0, 0.1) is 0 Å². The fourth-order valence-electron chi connectivity index (χ4n) is 2.33. The first-order valence-electron chi connectivity index (χ1n) is 6.88. The second-order valence-corrected chi connectivity index (χ2v) is 6.58. The highest BCUT2D eigenvalue weighted by molar-refractivity contribution is 6.62. The van der Waals surface area contributed by atoms with Crippen LogP contribution in [-0.2, 0) is 9.31 Å². The third-order valence-corrected chi connectivity index (χ3v) is 4.50. The summed E-state index contributed by atoms with van der Waals surface area (Å²) >= 11 is 0. The molecule has 0 spiro atoms. The van der Waals surface area contributed by atoms with Gasteiger partial charge >= 0.3 is 7.12 Å². The van der Waals surface area contributed by atoms with Gasteiger partial charge in [0.2, 0.25) is 0 Å². The summed E-state index contributed by atoms with van der Waals surface area (Å²) in [5.74, 6) is 0.422. The summed E-state index contributed by atoms with van der Waals surface area (Å²) in [6, 6.07) is 1.94. The third kappa shape index (κ3) is 2.15. The molecule has 0 bridgehead atoms. The van der Waals surface area contributed by atoms with Gasteiger partial charge < -0.3 is 14.3 Å². The number of nitrogens with one attached hydrogen (secondary N) is 1. The average Bonchev–Trinajstić information content (AvgIpc) is 3.08. The highest BCUT2D eigenvalue weighted by Crippen LogP contribution is 2.39. The molecule has 1 saturated carbocycles. The number of aromatic amines is 1. The SMILES string of the molecule is CC1(C)OB(c2c[nH]c(=O)c(C3CC3)c2)OC1(C)C. The number of rotatable bonds is 2. The lowest BCUT2D eigenvalue weighted by atomic mass is 9.79. The van der Waals surface area contributed by atoms with Crippen molar-refractivity contribution in [3.63, 3.8) is 0 Å². The summed E-state index contributed by atoms with van der Waals surface area (Å²) < 4.78 is 12.0. The molecule has 2 aliphatic rings. The third-order valence-electron chi connectivity index (χ3n) is 4.50. The average molecular weight is 261 g/mol. The molecule has 0 atom stereocenters. The van der Waals surface area contributed by atoms with Crippen LogP contribution in [0.2, 0.25) is 0 Å². The Hall–Kier alpha value is -1.07. The summed E-state index contributed by atoms with van der Waals surface area (Å²) in [5, 5.41) is 0. The lowest BCUT2D eigenvalue weighted by molar-refractivity contribution is 0.00578. The van der Waals surface area contributed by atoms with Gasteiger partial charge in [-0.25, -0.2) is 0 Å². The molecule has 19 heavy (non-hydrogen) atoms. The molecular weight excluding hydrogens is 241 g/mol. The Morgan fingerprint density at radius 3 is 2.32 bits per heavy atom. The van der Waals surface area contributed by atoms with Crippen LogP contribution in [0.3, 0.4) is 0 Å². The van der Waals surface area contributed by atoms with E-state index >= 15 is 0 Å². The monoisotopic (exact) mass is 261 g/mol. The highest BCUT2D eigenvalue weighted by atomic mass is 16.7. The zero-order chi connectivity index (χ0) is 13.8. The summed E-state index contributed by atoms with van der Waals surface area (Å²) in [6.07, 6.45) is 3.92. The second kappa shape index (κ2) is 3.96. The van der Waals surface area contributed by atoms with Crippen molar-refractivity contribution >= 4 is 12.6 Å². The minimum Gasteiger partial charge on any atom is -0.399 e. The largest absolute Gasteiger partial charge is 0.496 e. The van der Waals surface area contributed by atoms with Crippen LogP contribution >= 0.6 is 0 Å². The van der Waals surface area contributed by atoms with E-state index in [9.17, 15) is 4.79 Å². The predicted molar refractivity (Wildman–Crippen MR) is 74.8 cm³/mol. The highest BCUT2D eigenvalue weighted by Gasteiger charge is 2.52. The van der Waals surface area contributed by atoms with E-state index in [0.29, 0.717) is 5.92 Å². The summed E-state index contributed by atoms with van der Waals surface area (Å²) in [7, 11) is -0.403. The number of pyridine rings is 1. The van der Waals surface area contributed by atoms with Gasteiger partial charge in [-0.2, -0.15) is 0 Å². The number of aromatic nitrogens is 1. The molecule has 1 aliphatic carbocycles. The molecule has 0 amide bonds. The van der Waals surface area contributed by atoms with Crippen molar-refractivity contribution in [1.82, 2.24) is 4.98 Å². The molecule has 0 aromatic carbocycles. The van der Waals surface area contributed by atoms with Crippen LogP contribution in [0.5, 0.6) is 0 Å². The van der Waals surface area contributed by atoms with E-state index < -0.39 is 7.12 Å². The Balaban J connectivity index is 1.92. The molecule has 1 aliphatic heterocycles. The molecule has 0 radical (unpaired) electrons. The first-order chi connectivity index (χ1) is 8.80. The van der Waals surface area contributed by atoms with Crippen molar-refractivity contribution in [1.29, 1.82) is 0 Å². The maximum Gasteiger partial charge on any atom is 0.496 e. The van der Waals surface area contributed by atoms with Crippen LogP contribution in [0.25, 0.3) is 0 Å². The fourth-order valence-corrected chi connectivity index (χ4v) is 2.33. The van der Waals surface area contributed by atoms with E-state index in [-0.39, 0.29) is 16.8 Å². The zero-order valence-electron chi connectivity index (χ0n) is 11.9. The smallest absolute Gasteiger partial charge is 0.399 e. The standard InChI is InChI=1S/C14H20BNO3/c1-13(2)14(3,4)19-15(18-13)10-7-11(9-5-6-9)12(17)16-8-10/h7-9H,5-6H2,1-4H3,(H,16,17). The van der Waals surface area contributed by atoms with Crippen molar-refractivity contribution in [2.24, 2.45) is 0 Å². The lowest BCUT2D eigenvalue weighted by Crippen LogP contribution is -2.41. The van der Waals surface area contributed by atoms with Crippen molar-refractivity contribution in [3.05, 3.63) is 28.2 Å². The first kappa shape index (κ1) is 12.9. The van der Waals surface area contributed by atoms with Gasteiger partial charge in [0.15, 0.2) is 0 Å². The van der Waals surface area contributed by atoms with Crippen molar-refractivity contribution in [3.8, 4) is 0 Å². The maximum atomic E-state index is 11.8. The molecule has 102 valence electrons. The molecule has 1 N–H and O–H groups in total. The van der Waals surface area contributed by atoms with Crippen LogP contribution in [0.4, 0.5) is 0 Å². The second-order valence-electron chi connectivity index (χ2n) is 6.58. The number of hydrogen-bond donors (Lipinski definition) is 1. The van der Waals surface area contributed by atoms with E-state index in [4.69, 9.17) is 9.31 Å². The normalized spacial score (nSPS) is 24.7. The Labute approximate surface area is 113 Å². The van der Waals surface area contributed by atoms with Crippen LogP contribution < -0.4 is 11.0 Å². The van der Waals surface area contributed by atoms with Gasteiger partial charge in [-0.15, -0.1) is 0 Å². The molecule has 5 heteroatoms. The van der Waals surface area contributed by atoms with Gasteiger partial charge in [-0.3, -0.25) is 4.79 Å². The van der Waals surface area contributed by atoms with Gasteiger partial charge in [0.25, 0.3) is 5.56 Å². The van der Waals surface area contributed by atoms with Gasteiger partial charge in [0, 0.05) is 11.8 Å². The van der Waals surface area contributed by atoms with Gasteiger partial charge in [-0.05, 0) is 51.9 Å². The molecular formula is C14H20BNO3.